The van der Waals surface area contributed by atoms with Crippen LogP contribution in [0.25, 0.3) is 0 Å². The lowest BCUT2D eigenvalue weighted by molar-refractivity contribution is 0.108. The Morgan fingerprint density at radius 3 is 2.87 bits per heavy atom. The van der Waals surface area contributed by atoms with Crippen LogP contribution in [0.1, 0.15) is 11.0 Å². The van der Waals surface area contributed by atoms with Gasteiger partial charge in [0.25, 0.3) is 0 Å². The first-order valence-corrected chi connectivity index (χ1v) is 6.78. The second kappa shape index (κ2) is 5.41. The molecule has 1 aromatic heterocycles. The Hall–Kier alpha value is 0.0600. The Labute approximate surface area is 102 Å². The third-order valence-electron chi connectivity index (χ3n) is 2.56. The molecule has 2 rings (SSSR count). The molecule has 1 fully saturated rings. The lowest BCUT2D eigenvalue weighted by atomic mass is 10.2. The van der Waals surface area contributed by atoms with E-state index in [1.807, 2.05) is 11.4 Å². The van der Waals surface area contributed by atoms with Gasteiger partial charge in [0.1, 0.15) is 6.10 Å². The molecule has 1 aromatic rings. The van der Waals surface area contributed by atoms with Gasteiger partial charge in [-0.15, -0.1) is 11.3 Å². The summed E-state index contributed by atoms with van der Waals surface area (Å²) in [6, 6.07) is 2.00. The van der Waals surface area contributed by atoms with Crippen molar-refractivity contribution in [2.45, 2.75) is 6.10 Å². The molecule has 1 atom stereocenters. The number of aliphatic hydroxyl groups excluding tert-OH is 1. The number of nitrogens with zero attached hydrogens (tertiary/aromatic N) is 1. The maximum Gasteiger partial charge on any atom is 0.101 e. The average Bonchev–Trinajstić information content (AvgIpc) is 2.66. The van der Waals surface area contributed by atoms with Crippen molar-refractivity contribution in [3.63, 3.8) is 0 Å². The monoisotopic (exact) mass is 290 g/mol. The highest BCUT2D eigenvalue weighted by Gasteiger charge is 2.16. The van der Waals surface area contributed by atoms with E-state index in [2.05, 4.69) is 26.1 Å². The minimum absolute atomic E-state index is 0.348. The molecule has 0 saturated carbocycles. The first kappa shape index (κ1) is 11.5. The van der Waals surface area contributed by atoms with Gasteiger partial charge >= 0.3 is 0 Å². The van der Waals surface area contributed by atoms with Gasteiger partial charge < -0.3 is 10.4 Å². The molecule has 0 radical (unpaired) electrons. The van der Waals surface area contributed by atoms with E-state index in [0.717, 1.165) is 42.1 Å². The lowest BCUT2D eigenvalue weighted by Gasteiger charge is -2.28. The SMILES string of the molecule is OC(CN1CCNCC1)c1cc(Br)cs1. The number of hydrogen-bond donors (Lipinski definition) is 2. The summed E-state index contributed by atoms with van der Waals surface area (Å²) in [5, 5.41) is 15.3. The van der Waals surface area contributed by atoms with Gasteiger partial charge in [0.2, 0.25) is 0 Å². The van der Waals surface area contributed by atoms with E-state index in [0.29, 0.717) is 0 Å². The van der Waals surface area contributed by atoms with Crippen molar-refractivity contribution in [3.05, 3.63) is 20.8 Å². The van der Waals surface area contributed by atoms with E-state index in [1.54, 1.807) is 11.3 Å². The fourth-order valence-corrected chi connectivity index (χ4v) is 3.15. The van der Waals surface area contributed by atoms with Crippen molar-refractivity contribution in [2.75, 3.05) is 32.7 Å². The minimum atomic E-state index is -0.348. The van der Waals surface area contributed by atoms with Crippen molar-refractivity contribution in [3.8, 4) is 0 Å². The van der Waals surface area contributed by atoms with Crippen LogP contribution in [-0.2, 0) is 0 Å². The van der Waals surface area contributed by atoms with Crippen molar-refractivity contribution < 1.29 is 5.11 Å². The summed E-state index contributed by atoms with van der Waals surface area (Å²) in [6.07, 6.45) is -0.348. The number of halogens is 1. The van der Waals surface area contributed by atoms with Crippen LogP contribution in [0.2, 0.25) is 0 Å². The van der Waals surface area contributed by atoms with E-state index in [9.17, 15) is 5.11 Å². The standard InChI is InChI=1S/C10H15BrN2OS/c11-8-5-10(15-7-8)9(14)6-13-3-1-12-2-4-13/h5,7,9,12,14H,1-4,6H2. The van der Waals surface area contributed by atoms with Crippen LogP contribution >= 0.6 is 27.3 Å². The Morgan fingerprint density at radius 1 is 1.53 bits per heavy atom. The average molecular weight is 291 g/mol. The zero-order valence-electron chi connectivity index (χ0n) is 8.45. The Balaban J connectivity index is 1.88. The van der Waals surface area contributed by atoms with Gasteiger partial charge in [-0.05, 0) is 22.0 Å². The predicted molar refractivity (Wildman–Crippen MR) is 66.3 cm³/mol. The molecule has 15 heavy (non-hydrogen) atoms. The van der Waals surface area contributed by atoms with Crippen molar-refractivity contribution in [1.82, 2.24) is 10.2 Å². The molecule has 3 nitrogen and oxygen atoms in total. The van der Waals surface area contributed by atoms with Gasteiger partial charge in [-0.1, -0.05) is 0 Å². The summed E-state index contributed by atoms with van der Waals surface area (Å²) in [5.74, 6) is 0. The zero-order valence-corrected chi connectivity index (χ0v) is 10.9. The molecule has 2 N–H and O–H groups in total. The van der Waals surface area contributed by atoms with Gasteiger partial charge in [0.15, 0.2) is 0 Å². The number of β-amino-alcohol motifs (C(OH)–C–C–N with tert-alkyl or cyclic N) is 1. The number of nitrogens with one attached hydrogen (secondary N) is 1. The second-order valence-electron chi connectivity index (χ2n) is 3.73. The molecular weight excluding hydrogens is 276 g/mol. The summed E-state index contributed by atoms with van der Waals surface area (Å²) < 4.78 is 1.06. The predicted octanol–water partition coefficient (Wildman–Crippen LogP) is 1.45. The first-order valence-electron chi connectivity index (χ1n) is 5.11. The molecule has 1 aliphatic rings. The molecule has 1 aliphatic heterocycles. The highest BCUT2D eigenvalue weighted by atomic mass is 79.9. The van der Waals surface area contributed by atoms with Gasteiger partial charge in [-0.25, -0.2) is 0 Å². The molecule has 1 saturated heterocycles. The number of thiophene rings is 1. The highest BCUT2D eigenvalue weighted by molar-refractivity contribution is 9.10. The number of aliphatic hydroxyl groups is 1. The maximum atomic E-state index is 10.0. The van der Waals surface area contributed by atoms with Gasteiger partial charge in [0, 0.05) is 47.5 Å². The van der Waals surface area contributed by atoms with E-state index in [-0.39, 0.29) is 6.10 Å². The fraction of sp³-hybridized carbons (Fsp3) is 0.600. The molecule has 5 heteroatoms. The van der Waals surface area contributed by atoms with Crippen molar-refractivity contribution in [1.29, 1.82) is 0 Å². The van der Waals surface area contributed by atoms with Crippen LogP contribution < -0.4 is 5.32 Å². The van der Waals surface area contributed by atoms with Gasteiger partial charge in [0.05, 0.1) is 0 Å². The lowest BCUT2D eigenvalue weighted by Crippen LogP contribution is -2.44. The van der Waals surface area contributed by atoms with Crippen LogP contribution in [0, 0.1) is 0 Å². The number of piperazine rings is 1. The van der Waals surface area contributed by atoms with Crippen LogP contribution in [0.3, 0.4) is 0 Å². The summed E-state index contributed by atoms with van der Waals surface area (Å²) in [7, 11) is 0. The molecule has 84 valence electrons. The Morgan fingerprint density at radius 2 is 2.27 bits per heavy atom. The number of rotatable bonds is 3. The molecule has 0 aromatic carbocycles. The van der Waals surface area contributed by atoms with E-state index >= 15 is 0 Å². The second-order valence-corrected chi connectivity index (χ2v) is 5.59. The molecular formula is C10H15BrN2OS. The molecule has 0 spiro atoms. The molecule has 0 amide bonds. The third kappa shape index (κ3) is 3.26. The Bertz CT molecular complexity index is 312. The van der Waals surface area contributed by atoms with Gasteiger partial charge in [-0.3, -0.25) is 4.90 Å². The van der Waals surface area contributed by atoms with E-state index < -0.39 is 0 Å². The summed E-state index contributed by atoms with van der Waals surface area (Å²) in [4.78, 5) is 3.34. The molecule has 0 bridgehead atoms. The molecule has 0 aliphatic carbocycles. The van der Waals surface area contributed by atoms with Gasteiger partial charge in [-0.2, -0.15) is 0 Å². The Kier molecular flexibility index (Phi) is 4.16. The summed E-state index contributed by atoms with van der Waals surface area (Å²) in [6.45, 7) is 4.86. The summed E-state index contributed by atoms with van der Waals surface area (Å²) in [5.41, 5.74) is 0. The highest BCUT2D eigenvalue weighted by Crippen LogP contribution is 2.26. The molecule has 2 heterocycles. The maximum absolute atomic E-state index is 10.0. The van der Waals surface area contributed by atoms with E-state index in [4.69, 9.17) is 0 Å². The third-order valence-corrected chi connectivity index (χ3v) is 4.35. The largest absolute Gasteiger partial charge is 0.386 e. The zero-order chi connectivity index (χ0) is 10.7. The molecule has 1 unspecified atom stereocenters. The van der Waals surface area contributed by atoms with Crippen LogP contribution in [0.15, 0.2) is 15.9 Å². The quantitative estimate of drug-likeness (QED) is 0.885. The van der Waals surface area contributed by atoms with Crippen LogP contribution in [0.5, 0.6) is 0 Å². The number of hydrogen-bond acceptors (Lipinski definition) is 4. The minimum Gasteiger partial charge on any atom is -0.386 e. The fourth-order valence-electron chi connectivity index (χ4n) is 1.73. The normalized spacial score (nSPS) is 20.4. The van der Waals surface area contributed by atoms with Crippen LogP contribution in [-0.4, -0.2) is 42.7 Å². The topological polar surface area (TPSA) is 35.5 Å². The van der Waals surface area contributed by atoms with Crippen LogP contribution in [0.4, 0.5) is 0 Å². The van der Waals surface area contributed by atoms with Crippen molar-refractivity contribution in [2.24, 2.45) is 0 Å². The van der Waals surface area contributed by atoms with E-state index in [1.165, 1.54) is 0 Å². The summed E-state index contributed by atoms with van der Waals surface area (Å²) >= 11 is 5.01. The van der Waals surface area contributed by atoms with Crippen molar-refractivity contribution >= 4 is 27.3 Å². The smallest absolute Gasteiger partial charge is 0.101 e. The first-order chi connectivity index (χ1) is 7.25.